The lowest BCUT2D eigenvalue weighted by Gasteiger charge is -2.33. The minimum absolute atomic E-state index is 0.0988. The zero-order valence-corrected chi connectivity index (χ0v) is 24.5. The first-order valence-electron chi connectivity index (χ1n) is 12.8. The highest BCUT2D eigenvalue weighted by molar-refractivity contribution is 7.92. The maximum absolute atomic E-state index is 14.0. The highest BCUT2D eigenvalue weighted by atomic mass is 35.5. The minimum Gasteiger partial charge on any atom is -0.493 e. The molecule has 9 nitrogen and oxygen atoms in total. The SMILES string of the molecule is CCNC(=O)[C@@H](CC)N(Cc1ccccc1)C(=O)CN(c1ccc(Cl)cc1)S(=O)(=O)c1ccc(OC)c(OC)c1. The van der Waals surface area contributed by atoms with Gasteiger partial charge in [-0.1, -0.05) is 48.9 Å². The van der Waals surface area contributed by atoms with E-state index in [4.69, 9.17) is 21.1 Å². The molecule has 214 valence electrons. The van der Waals surface area contributed by atoms with E-state index in [-0.39, 0.29) is 28.8 Å². The fraction of sp³-hybridized carbons (Fsp3) is 0.310. The lowest BCUT2D eigenvalue weighted by Crippen LogP contribution is -2.52. The monoisotopic (exact) mass is 587 g/mol. The molecule has 1 N–H and O–H groups in total. The standard InChI is InChI=1S/C29H34ClN3O6S/c1-5-25(29(35)31-6-2)32(19-21-10-8-7-9-11-21)28(34)20-33(23-14-12-22(30)13-15-23)40(36,37)24-16-17-26(38-3)27(18-24)39-4/h7-18,25H,5-6,19-20H2,1-4H3,(H,31,35)/t25-/m1/s1. The molecule has 3 rings (SSSR count). The summed E-state index contributed by atoms with van der Waals surface area (Å²) in [5.74, 6) is -0.271. The first kappa shape index (κ1) is 30.8. The number of amides is 2. The number of anilines is 1. The van der Waals surface area contributed by atoms with Crippen LogP contribution < -0.4 is 19.1 Å². The fourth-order valence-corrected chi connectivity index (χ4v) is 5.79. The van der Waals surface area contributed by atoms with Crippen molar-refractivity contribution in [2.24, 2.45) is 0 Å². The van der Waals surface area contributed by atoms with Crippen LogP contribution in [-0.4, -0.2) is 58.5 Å². The van der Waals surface area contributed by atoms with Crippen molar-refractivity contribution in [3.63, 3.8) is 0 Å². The van der Waals surface area contributed by atoms with E-state index in [1.54, 1.807) is 19.1 Å². The molecule has 0 aromatic heterocycles. The first-order valence-corrected chi connectivity index (χ1v) is 14.6. The number of halogens is 1. The number of rotatable bonds is 13. The largest absolute Gasteiger partial charge is 0.493 e. The summed E-state index contributed by atoms with van der Waals surface area (Å²) >= 11 is 6.07. The molecule has 0 saturated heterocycles. The Morgan fingerprint density at radius 3 is 2.15 bits per heavy atom. The predicted octanol–water partition coefficient (Wildman–Crippen LogP) is 4.50. The summed E-state index contributed by atoms with van der Waals surface area (Å²) in [6, 6.07) is 18.8. The molecule has 11 heteroatoms. The fourth-order valence-electron chi connectivity index (χ4n) is 4.23. The molecule has 0 fully saturated rings. The number of nitrogens with one attached hydrogen (secondary N) is 1. The molecule has 0 aliphatic carbocycles. The van der Waals surface area contributed by atoms with Crippen molar-refractivity contribution in [3.05, 3.63) is 83.4 Å². The smallest absolute Gasteiger partial charge is 0.264 e. The van der Waals surface area contributed by atoms with Crippen LogP contribution in [0.15, 0.2) is 77.7 Å². The van der Waals surface area contributed by atoms with Crippen molar-refractivity contribution in [1.29, 1.82) is 0 Å². The maximum atomic E-state index is 14.0. The summed E-state index contributed by atoms with van der Waals surface area (Å²) in [6.07, 6.45) is 0.341. The van der Waals surface area contributed by atoms with Crippen LogP contribution in [0.4, 0.5) is 5.69 Å². The number of likely N-dealkylation sites (N-methyl/N-ethyl adjacent to an activating group) is 1. The third-order valence-electron chi connectivity index (χ3n) is 6.27. The molecule has 1 atom stereocenters. The van der Waals surface area contributed by atoms with E-state index in [0.29, 0.717) is 23.7 Å². The zero-order chi connectivity index (χ0) is 29.3. The second kappa shape index (κ2) is 14.0. The summed E-state index contributed by atoms with van der Waals surface area (Å²) < 4.78 is 39.6. The number of sulfonamides is 1. The summed E-state index contributed by atoms with van der Waals surface area (Å²) in [5, 5.41) is 3.19. The van der Waals surface area contributed by atoms with Gasteiger partial charge >= 0.3 is 0 Å². The van der Waals surface area contributed by atoms with E-state index in [1.165, 1.54) is 49.5 Å². The van der Waals surface area contributed by atoms with E-state index in [2.05, 4.69) is 5.32 Å². The summed E-state index contributed by atoms with van der Waals surface area (Å²) in [5.41, 5.74) is 1.04. The first-order chi connectivity index (χ1) is 19.2. The van der Waals surface area contributed by atoms with Crippen LogP contribution in [0.25, 0.3) is 0 Å². The molecule has 0 heterocycles. The maximum Gasteiger partial charge on any atom is 0.264 e. The van der Waals surface area contributed by atoms with Crippen LogP contribution in [-0.2, 0) is 26.2 Å². The van der Waals surface area contributed by atoms with Crippen LogP contribution in [0.1, 0.15) is 25.8 Å². The number of hydrogen-bond donors (Lipinski definition) is 1. The number of methoxy groups -OCH3 is 2. The Bertz CT molecular complexity index is 1400. The molecular weight excluding hydrogens is 554 g/mol. The van der Waals surface area contributed by atoms with Gasteiger partial charge in [-0.05, 0) is 55.3 Å². The average molecular weight is 588 g/mol. The summed E-state index contributed by atoms with van der Waals surface area (Å²) in [6.45, 7) is 3.57. The van der Waals surface area contributed by atoms with E-state index in [1.807, 2.05) is 37.3 Å². The molecule has 0 aliphatic rings. The van der Waals surface area contributed by atoms with Crippen molar-refractivity contribution in [2.45, 2.75) is 37.8 Å². The summed E-state index contributed by atoms with van der Waals surface area (Å²) in [7, 11) is -1.43. The Kier molecular flexibility index (Phi) is 10.8. The third kappa shape index (κ3) is 7.25. The molecular formula is C29H34ClN3O6S. The van der Waals surface area contributed by atoms with Gasteiger partial charge in [0.05, 0.1) is 24.8 Å². The molecule has 2 amide bonds. The van der Waals surface area contributed by atoms with Crippen molar-refractivity contribution in [2.75, 3.05) is 31.6 Å². The number of ether oxygens (including phenoxy) is 2. The van der Waals surface area contributed by atoms with Gasteiger partial charge in [-0.25, -0.2) is 8.42 Å². The molecule has 0 spiro atoms. The van der Waals surface area contributed by atoms with E-state index in [9.17, 15) is 18.0 Å². The minimum atomic E-state index is -4.28. The molecule has 0 bridgehead atoms. The molecule has 3 aromatic carbocycles. The third-order valence-corrected chi connectivity index (χ3v) is 8.29. The number of nitrogens with zero attached hydrogens (tertiary/aromatic N) is 2. The van der Waals surface area contributed by atoms with Crippen LogP contribution >= 0.6 is 11.6 Å². The lowest BCUT2D eigenvalue weighted by molar-refractivity contribution is -0.140. The van der Waals surface area contributed by atoms with Gasteiger partial charge in [-0.3, -0.25) is 13.9 Å². The van der Waals surface area contributed by atoms with Crippen molar-refractivity contribution >= 4 is 39.1 Å². The van der Waals surface area contributed by atoms with Crippen LogP contribution in [0.3, 0.4) is 0 Å². The topological polar surface area (TPSA) is 105 Å². The number of carbonyl (C=O) groups excluding carboxylic acids is 2. The molecule has 0 radical (unpaired) electrons. The van der Waals surface area contributed by atoms with E-state index >= 15 is 0 Å². The van der Waals surface area contributed by atoms with E-state index < -0.39 is 28.5 Å². The lowest BCUT2D eigenvalue weighted by atomic mass is 10.1. The van der Waals surface area contributed by atoms with Gasteiger partial charge in [0, 0.05) is 24.2 Å². The van der Waals surface area contributed by atoms with Crippen molar-refractivity contribution in [3.8, 4) is 11.5 Å². The van der Waals surface area contributed by atoms with E-state index in [0.717, 1.165) is 9.87 Å². The molecule has 0 aliphatic heterocycles. The molecule has 40 heavy (non-hydrogen) atoms. The van der Waals surface area contributed by atoms with Gasteiger partial charge in [0.25, 0.3) is 10.0 Å². The van der Waals surface area contributed by atoms with Gasteiger partial charge in [0.15, 0.2) is 11.5 Å². The molecule has 0 unspecified atom stereocenters. The normalized spacial score (nSPS) is 11.8. The van der Waals surface area contributed by atoms with Crippen molar-refractivity contribution in [1.82, 2.24) is 10.2 Å². The van der Waals surface area contributed by atoms with Gasteiger partial charge in [-0.2, -0.15) is 0 Å². The average Bonchev–Trinajstić information content (AvgIpc) is 2.96. The number of hydrogen-bond acceptors (Lipinski definition) is 6. The van der Waals surface area contributed by atoms with Gasteiger partial charge in [-0.15, -0.1) is 0 Å². The Balaban J connectivity index is 2.08. The van der Waals surface area contributed by atoms with Gasteiger partial charge < -0.3 is 19.7 Å². The Morgan fingerprint density at radius 2 is 1.57 bits per heavy atom. The number of carbonyl (C=O) groups is 2. The highest BCUT2D eigenvalue weighted by Gasteiger charge is 2.34. The second-order valence-corrected chi connectivity index (χ2v) is 11.1. The highest BCUT2D eigenvalue weighted by Crippen LogP contribution is 2.32. The van der Waals surface area contributed by atoms with Crippen LogP contribution in [0.5, 0.6) is 11.5 Å². The summed E-state index contributed by atoms with van der Waals surface area (Å²) in [4.78, 5) is 28.3. The zero-order valence-electron chi connectivity index (χ0n) is 23.0. The Labute approximate surface area is 240 Å². The Hall–Kier alpha value is -3.76. The van der Waals surface area contributed by atoms with Crippen molar-refractivity contribution < 1.29 is 27.5 Å². The molecule has 0 saturated carbocycles. The molecule has 3 aromatic rings. The number of benzene rings is 3. The quantitative estimate of drug-likeness (QED) is 0.316. The second-order valence-electron chi connectivity index (χ2n) is 8.83. The predicted molar refractivity (Wildman–Crippen MR) is 155 cm³/mol. The van der Waals surface area contributed by atoms with Crippen LogP contribution in [0, 0.1) is 0 Å². The Morgan fingerprint density at radius 1 is 0.925 bits per heavy atom. The van der Waals surface area contributed by atoms with Gasteiger partial charge in [0.1, 0.15) is 12.6 Å². The van der Waals surface area contributed by atoms with Gasteiger partial charge in [0.2, 0.25) is 11.8 Å². The van der Waals surface area contributed by atoms with Crippen LogP contribution in [0.2, 0.25) is 5.02 Å².